The minimum absolute atomic E-state index is 0.0179. The lowest BCUT2D eigenvalue weighted by molar-refractivity contribution is -0.138. The number of H-pyrrole nitrogens is 1. The summed E-state index contributed by atoms with van der Waals surface area (Å²) >= 11 is 1.00. The third kappa shape index (κ3) is 4.92. The molecule has 2 heterocycles. The van der Waals surface area contributed by atoms with Gasteiger partial charge in [0, 0.05) is 29.1 Å². The Labute approximate surface area is 190 Å². The number of aliphatic carboxylic acids is 1. The summed E-state index contributed by atoms with van der Waals surface area (Å²) in [6.45, 7) is 1.99. The van der Waals surface area contributed by atoms with Gasteiger partial charge in [-0.05, 0) is 42.8 Å². The van der Waals surface area contributed by atoms with Gasteiger partial charge in [-0.3, -0.25) is 4.79 Å². The van der Waals surface area contributed by atoms with Gasteiger partial charge in [0.2, 0.25) is 0 Å². The highest BCUT2D eigenvalue weighted by atomic mass is 32.2. The average Bonchev–Trinajstić information content (AvgIpc) is 3.41. The van der Waals surface area contributed by atoms with Crippen LogP contribution in [-0.4, -0.2) is 30.5 Å². The normalized spacial score (nSPS) is 12.3. The van der Waals surface area contributed by atoms with E-state index in [-0.39, 0.29) is 10.6 Å². The number of aromatic nitrogens is 1. The first kappa shape index (κ1) is 21.8. The first-order valence-corrected chi connectivity index (χ1v) is 12.1. The van der Waals surface area contributed by atoms with Crippen LogP contribution in [0.5, 0.6) is 0 Å². The lowest BCUT2D eigenvalue weighted by Crippen LogP contribution is -2.41. The SMILES string of the molecule is Cc1ccc(C#Cc2ccc(S(=O)(=O)N[C@@H](Cc3c[nH]c4ccccc34)C(=O)O)s2)cc1. The van der Waals surface area contributed by atoms with Gasteiger partial charge < -0.3 is 10.1 Å². The average molecular weight is 465 g/mol. The fraction of sp³-hybridized carbons (Fsp3) is 0.125. The molecule has 0 radical (unpaired) electrons. The molecule has 0 fully saturated rings. The number of aryl methyl sites for hydroxylation is 1. The highest BCUT2D eigenvalue weighted by Gasteiger charge is 2.27. The van der Waals surface area contributed by atoms with Crippen molar-refractivity contribution in [2.75, 3.05) is 0 Å². The van der Waals surface area contributed by atoms with Crippen molar-refractivity contribution in [3.63, 3.8) is 0 Å². The van der Waals surface area contributed by atoms with E-state index in [1.165, 1.54) is 6.07 Å². The van der Waals surface area contributed by atoms with Gasteiger partial charge in [-0.1, -0.05) is 47.7 Å². The number of hydrogen-bond acceptors (Lipinski definition) is 4. The van der Waals surface area contributed by atoms with Crippen LogP contribution in [0.1, 0.15) is 21.6 Å². The third-order valence-corrected chi connectivity index (χ3v) is 7.89. The largest absolute Gasteiger partial charge is 0.480 e. The smallest absolute Gasteiger partial charge is 0.322 e. The van der Waals surface area contributed by atoms with E-state index in [0.717, 1.165) is 38.9 Å². The number of sulfonamides is 1. The molecule has 4 aromatic rings. The van der Waals surface area contributed by atoms with Crippen LogP contribution in [0.15, 0.2) is 71.1 Å². The molecule has 0 spiro atoms. The molecule has 2 aromatic heterocycles. The molecule has 0 aliphatic heterocycles. The molecule has 162 valence electrons. The summed E-state index contributed by atoms with van der Waals surface area (Å²) in [5.74, 6) is 4.73. The maximum absolute atomic E-state index is 12.8. The molecule has 0 saturated carbocycles. The van der Waals surface area contributed by atoms with Gasteiger partial charge in [0.25, 0.3) is 10.0 Å². The van der Waals surface area contributed by atoms with E-state index in [2.05, 4.69) is 21.5 Å². The minimum Gasteiger partial charge on any atom is -0.480 e. The molecule has 0 aliphatic rings. The van der Waals surface area contributed by atoms with Crippen molar-refractivity contribution in [1.29, 1.82) is 0 Å². The number of carboxylic acids is 1. The summed E-state index contributed by atoms with van der Waals surface area (Å²) in [5.41, 5.74) is 3.55. The molecule has 4 rings (SSSR count). The van der Waals surface area contributed by atoms with Gasteiger partial charge in [-0.15, -0.1) is 11.3 Å². The predicted molar refractivity (Wildman–Crippen MR) is 125 cm³/mol. The molecule has 0 bridgehead atoms. The van der Waals surface area contributed by atoms with Gasteiger partial charge >= 0.3 is 5.97 Å². The monoisotopic (exact) mass is 464 g/mol. The summed E-state index contributed by atoms with van der Waals surface area (Å²) in [6, 6.07) is 16.9. The topological polar surface area (TPSA) is 99.3 Å². The lowest BCUT2D eigenvalue weighted by Gasteiger charge is -2.13. The number of carboxylic acid groups (broad SMARTS) is 1. The predicted octanol–water partition coefficient (Wildman–Crippen LogP) is 3.91. The van der Waals surface area contributed by atoms with E-state index in [4.69, 9.17) is 0 Å². The van der Waals surface area contributed by atoms with Crippen LogP contribution in [0.4, 0.5) is 0 Å². The Hall–Kier alpha value is -3.38. The Morgan fingerprint density at radius 2 is 1.84 bits per heavy atom. The highest BCUT2D eigenvalue weighted by molar-refractivity contribution is 7.91. The maximum Gasteiger partial charge on any atom is 0.322 e. The zero-order valence-electron chi connectivity index (χ0n) is 17.1. The number of nitrogens with one attached hydrogen (secondary N) is 2. The molecular formula is C24H20N2O4S2. The number of para-hydroxylation sites is 1. The molecule has 0 saturated heterocycles. The lowest BCUT2D eigenvalue weighted by atomic mass is 10.1. The molecule has 6 nitrogen and oxygen atoms in total. The first-order chi connectivity index (χ1) is 15.3. The first-order valence-electron chi connectivity index (χ1n) is 9.80. The number of thiophene rings is 1. The second kappa shape index (κ2) is 9.01. The van der Waals surface area contributed by atoms with E-state index < -0.39 is 22.0 Å². The van der Waals surface area contributed by atoms with E-state index in [1.807, 2.05) is 55.5 Å². The van der Waals surface area contributed by atoms with Crippen molar-refractivity contribution in [2.24, 2.45) is 0 Å². The highest BCUT2D eigenvalue weighted by Crippen LogP contribution is 2.23. The van der Waals surface area contributed by atoms with Gasteiger partial charge in [-0.25, -0.2) is 8.42 Å². The third-order valence-electron chi connectivity index (χ3n) is 4.92. The van der Waals surface area contributed by atoms with Crippen LogP contribution in [0.3, 0.4) is 0 Å². The summed E-state index contributed by atoms with van der Waals surface area (Å²) in [7, 11) is -4.02. The summed E-state index contributed by atoms with van der Waals surface area (Å²) < 4.78 is 28.0. The van der Waals surface area contributed by atoms with E-state index in [9.17, 15) is 18.3 Å². The molecule has 0 aliphatic carbocycles. The van der Waals surface area contributed by atoms with Crippen LogP contribution in [0.2, 0.25) is 0 Å². The van der Waals surface area contributed by atoms with Gasteiger partial charge in [0.1, 0.15) is 10.3 Å². The van der Waals surface area contributed by atoms with E-state index in [1.54, 1.807) is 12.3 Å². The number of fused-ring (bicyclic) bond motifs is 1. The number of carbonyl (C=O) groups is 1. The van der Waals surface area contributed by atoms with E-state index >= 15 is 0 Å². The molecule has 0 unspecified atom stereocenters. The zero-order valence-corrected chi connectivity index (χ0v) is 18.8. The van der Waals surface area contributed by atoms with E-state index in [0.29, 0.717) is 4.88 Å². The maximum atomic E-state index is 12.8. The van der Waals surface area contributed by atoms with Gasteiger partial charge in [0.05, 0.1) is 4.88 Å². The summed E-state index contributed by atoms with van der Waals surface area (Å²) in [5, 5.41) is 10.5. The number of aromatic amines is 1. The van der Waals surface area contributed by atoms with Gasteiger partial charge in [-0.2, -0.15) is 4.72 Å². The fourth-order valence-electron chi connectivity index (χ4n) is 3.25. The molecular weight excluding hydrogens is 444 g/mol. The van der Waals surface area contributed by atoms with Crippen molar-refractivity contribution in [2.45, 2.75) is 23.6 Å². The van der Waals surface area contributed by atoms with Crippen LogP contribution in [-0.2, 0) is 21.2 Å². The molecule has 8 heteroatoms. The minimum atomic E-state index is -4.02. The van der Waals surface area contributed by atoms with Gasteiger partial charge in [0.15, 0.2) is 0 Å². The Kier molecular flexibility index (Phi) is 6.15. The summed E-state index contributed by atoms with van der Waals surface area (Å²) in [4.78, 5) is 15.5. The molecule has 32 heavy (non-hydrogen) atoms. The Balaban J connectivity index is 1.52. The van der Waals surface area contributed by atoms with Crippen LogP contribution >= 0.6 is 11.3 Å². The van der Waals surface area contributed by atoms with Crippen LogP contribution in [0, 0.1) is 18.8 Å². The van der Waals surface area contributed by atoms with Crippen molar-refractivity contribution in [3.8, 4) is 11.8 Å². The molecule has 1 atom stereocenters. The van der Waals surface area contributed by atoms with Crippen molar-refractivity contribution in [3.05, 3.63) is 88.4 Å². The molecule has 2 aromatic carbocycles. The zero-order chi connectivity index (χ0) is 22.7. The summed E-state index contributed by atoms with van der Waals surface area (Å²) in [6.07, 6.45) is 1.73. The van der Waals surface area contributed by atoms with Crippen molar-refractivity contribution < 1.29 is 18.3 Å². The second-order valence-electron chi connectivity index (χ2n) is 7.31. The Morgan fingerprint density at radius 1 is 1.09 bits per heavy atom. The Morgan fingerprint density at radius 3 is 2.59 bits per heavy atom. The van der Waals surface area contributed by atoms with Crippen molar-refractivity contribution >= 4 is 38.2 Å². The number of rotatable bonds is 6. The molecule has 3 N–H and O–H groups in total. The second-order valence-corrected chi connectivity index (χ2v) is 10.3. The van der Waals surface area contributed by atoms with Crippen LogP contribution < -0.4 is 4.72 Å². The molecule has 0 amide bonds. The number of hydrogen-bond donors (Lipinski definition) is 3. The fourth-order valence-corrected chi connectivity index (χ4v) is 5.61. The Bertz CT molecular complexity index is 1440. The van der Waals surface area contributed by atoms with Crippen molar-refractivity contribution in [1.82, 2.24) is 9.71 Å². The quantitative estimate of drug-likeness (QED) is 0.377. The number of benzene rings is 2. The van der Waals surface area contributed by atoms with Crippen LogP contribution in [0.25, 0.3) is 10.9 Å². The standard InChI is InChI=1S/C24H20N2O4S2/c1-16-6-8-17(9-7-16)10-11-19-12-13-23(31-19)32(29,30)26-22(24(27)28)14-18-15-25-21-5-3-2-4-20(18)21/h2-9,12-13,15,22,25-26H,14H2,1H3,(H,27,28)/t22-/m0/s1.